The molecule has 0 aliphatic carbocycles. The number of anilines is 4. The van der Waals surface area contributed by atoms with Gasteiger partial charge in [0, 0.05) is 43.2 Å². The molecule has 9 heteroatoms. The average molecular weight is 484 g/mol. The Balaban J connectivity index is 1.14. The normalized spacial score (nSPS) is 15.7. The molecular weight excluding hydrogens is 454 g/mol. The second-order valence-electron chi connectivity index (χ2n) is 9.28. The zero-order valence-corrected chi connectivity index (χ0v) is 20.0. The molecule has 2 aliphatic heterocycles. The molecule has 9 nitrogen and oxygen atoms in total. The molecule has 0 saturated carbocycles. The number of piperidine rings is 1. The van der Waals surface area contributed by atoms with E-state index < -0.39 is 0 Å². The van der Waals surface area contributed by atoms with Gasteiger partial charge in [-0.1, -0.05) is 24.3 Å². The van der Waals surface area contributed by atoms with Crippen LogP contribution in [0.15, 0.2) is 66.9 Å². The molecule has 0 unspecified atom stereocenters. The molecule has 4 heterocycles. The Bertz CT molecular complexity index is 1320. The van der Waals surface area contributed by atoms with Gasteiger partial charge in [0.05, 0.1) is 18.8 Å². The molecule has 6 rings (SSSR count). The number of para-hydroxylation sites is 1. The van der Waals surface area contributed by atoms with Crippen LogP contribution in [0.3, 0.4) is 0 Å². The second-order valence-corrected chi connectivity index (χ2v) is 9.28. The maximum Gasteiger partial charge on any atom is 0.227 e. The highest BCUT2D eigenvalue weighted by Crippen LogP contribution is 2.33. The molecule has 36 heavy (non-hydrogen) atoms. The van der Waals surface area contributed by atoms with Crippen molar-refractivity contribution in [3.63, 3.8) is 0 Å². The number of H-pyrrole nitrogens is 1. The van der Waals surface area contributed by atoms with Gasteiger partial charge in [-0.25, -0.2) is 4.98 Å². The SMILES string of the molecule is OCC1CCN(c2nccc(N3Cc4[nH]nc(Nc5cccc(Oc6ccccc6)c5)c4C3)n2)CC1. The molecule has 0 radical (unpaired) electrons. The quantitative estimate of drug-likeness (QED) is 0.354. The third kappa shape index (κ3) is 4.70. The van der Waals surface area contributed by atoms with Gasteiger partial charge in [0.1, 0.15) is 17.3 Å². The van der Waals surface area contributed by atoms with Crippen molar-refractivity contribution < 1.29 is 9.84 Å². The minimum atomic E-state index is 0.259. The lowest BCUT2D eigenvalue weighted by atomic mass is 9.98. The number of ether oxygens (including phenoxy) is 1. The van der Waals surface area contributed by atoms with Crippen molar-refractivity contribution >= 4 is 23.3 Å². The third-order valence-electron chi connectivity index (χ3n) is 6.83. The lowest BCUT2D eigenvalue weighted by molar-refractivity contribution is 0.202. The van der Waals surface area contributed by atoms with Crippen LogP contribution in [0, 0.1) is 5.92 Å². The number of benzene rings is 2. The molecule has 1 saturated heterocycles. The molecule has 3 N–H and O–H groups in total. The Morgan fingerprint density at radius 3 is 2.64 bits per heavy atom. The summed E-state index contributed by atoms with van der Waals surface area (Å²) in [5.74, 6) is 4.41. The number of nitrogens with one attached hydrogen (secondary N) is 2. The van der Waals surface area contributed by atoms with E-state index in [4.69, 9.17) is 9.72 Å². The van der Waals surface area contributed by atoms with Crippen LogP contribution in [0.2, 0.25) is 0 Å². The first-order chi connectivity index (χ1) is 17.7. The first-order valence-corrected chi connectivity index (χ1v) is 12.3. The summed E-state index contributed by atoms with van der Waals surface area (Å²) in [4.78, 5) is 13.8. The van der Waals surface area contributed by atoms with Crippen LogP contribution in [-0.4, -0.2) is 45.0 Å². The molecule has 0 bridgehead atoms. The number of nitrogens with zero attached hydrogens (tertiary/aromatic N) is 5. The molecule has 2 aromatic carbocycles. The molecule has 1 fully saturated rings. The highest BCUT2D eigenvalue weighted by Gasteiger charge is 2.27. The van der Waals surface area contributed by atoms with Crippen molar-refractivity contribution in [1.29, 1.82) is 0 Å². The number of rotatable bonds is 7. The lowest BCUT2D eigenvalue weighted by Crippen LogP contribution is -2.36. The molecule has 4 aromatic rings. The minimum absolute atomic E-state index is 0.259. The van der Waals surface area contributed by atoms with E-state index in [-0.39, 0.29) is 6.61 Å². The third-order valence-corrected chi connectivity index (χ3v) is 6.83. The van der Waals surface area contributed by atoms with Crippen LogP contribution in [0.5, 0.6) is 11.5 Å². The summed E-state index contributed by atoms with van der Waals surface area (Å²) in [6.45, 7) is 3.42. The summed E-state index contributed by atoms with van der Waals surface area (Å²) < 4.78 is 5.97. The largest absolute Gasteiger partial charge is 0.457 e. The van der Waals surface area contributed by atoms with Crippen LogP contribution in [0.1, 0.15) is 24.1 Å². The van der Waals surface area contributed by atoms with Crippen molar-refractivity contribution in [1.82, 2.24) is 20.2 Å². The van der Waals surface area contributed by atoms with Gasteiger partial charge in [-0.05, 0) is 49.1 Å². The van der Waals surface area contributed by atoms with Gasteiger partial charge >= 0.3 is 0 Å². The van der Waals surface area contributed by atoms with Crippen LogP contribution in [0.25, 0.3) is 0 Å². The predicted octanol–water partition coefficient (Wildman–Crippen LogP) is 4.46. The van der Waals surface area contributed by atoms with Gasteiger partial charge in [-0.3, -0.25) is 5.10 Å². The molecule has 0 atom stereocenters. The highest BCUT2D eigenvalue weighted by molar-refractivity contribution is 5.64. The number of hydrogen-bond acceptors (Lipinski definition) is 8. The van der Waals surface area contributed by atoms with Gasteiger partial charge in [-0.2, -0.15) is 10.1 Å². The number of hydrogen-bond donors (Lipinski definition) is 3. The Morgan fingerprint density at radius 2 is 1.81 bits per heavy atom. The van der Waals surface area contributed by atoms with E-state index in [2.05, 4.69) is 30.3 Å². The molecule has 2 aromatic heterocycles. The van der Waals surface area contributed by atoms with E-state index in [1.165, 1.54) is 0 Å². The number of aliphatic hydroxyl groups is 1. The van der Waals surface area contributed by atoms with Crippen molar-refractivity contribution in [2.24, 2.45) is 5.92 Å². The van der Waals surface area contributed by atoms with E-state index in [1.54, 1.807) is 0 Å². The number of aromatic amines is 1. The van der Waals surface area contributed by atoms with E-state index in [9.17, 15) is 5.11 Å². The Morgan fingerprint density at radius 1 is 0.972 bits per heavy atom. The van der Waals surface area contributed by atoms with Gasteiger partial charge in [-0.15, -0.1) is 0 Å². The van der Waals surface area contributed by atoms with Gasteiger partial charge in [0.25, 0.3) is 0 Å². The van der Waals surface area contributed by atoms with Crippen molar-refractivity contribution in [3.8, 4) is 11.5 Å². The van der Waals surface area contributed by atoms with E-state index in [0.29, 0.717) is 19.0 Å². The molecule has 0 spiro atoms. The van der Waals surface area contributed by atoms with Crippen molar-refractivity contribution in [2.75, 3.05) is 34.8 Å². The monoisotopic (exact) mass is 483 g/mol. The number of fused-ring (bicyclic) bond motifs is 1. The standard InChI is InChI=1S/C27H29N7O2/c35-18-19-10-13-33(14-11-19)27-28-12-9-25(30-27)34-16-23-24(17-34)31-32-26(23)29-20-5-4-8-22(15-20)36-21-6-2-1-3-7-21/h1-9,12,15,19,35H,10-11,13-14,16-18H2,(H2,29,31,32). The van der Waals surface area contributed by atoms with Gasteiger partial charge in [0.15, 0.2) is 5.82 Å². The summed E-state index contributed by atoms with van der Waals surface area (Å²) in [6, 6.07) is 19.6. The molecule has 0 amide bonds. The van der Waals surface area contributed by atoms with Crippen LogP contribution >= 0.6 is 0 Å². The fourth-order valence-electron chi connectivity index (χ4n) is 4.79. The summed E-state index contributed by atoms with van der Waals surface area (Å²) in [7, 11) is 0. The maximum atomic E-state index is 9.41. The number of aromatic nitrogens is 4. The lowest BCUT2D eigenvalue weighted by Gasteiger charge is -2.31. The summed E-state index contributed by atoms with van der Waals surface area (Å²) in [5, 5.41) is 20.6. The average Bonchev–Trinajstić information content (AvgIpc) is 3.52. The van der Waals surface area contributed by atoms with E-state index >= 15 is 0 Å². The number of aliphatic hydroxyl groups excluding tert-OH is 1. The Hall–Kier alpha value is -4.11. The van der Waals surface area contributed by atoms with Crippen LogP contribution < -0.4 is 19.9 Å². The smallest absolute Gasteiger partial charge is 0.227 e. The molecule has 184 valence electrons. The summed E-state index contributed by atoms with van der Waals surface area (Å²) >= 11 is 0. The van der Waals surface area contributed by atoms with E-state index in [1.807, 2.05) is 66.9 Å². The van der Waals surface area contributed by atoms with Crippen molar-refractivity contribution in [2.45, 2.75) is 25.9 Å². The van der Waals surface area contributed by atoms with Gasteiger partial charge in [0.2, 0.25) is 5.95 Å². The Labute approximate surface area is 209 Å². The highest BCUT2D eigenvalue weighted by atomic mass is 16.5. The topological polar surface area (TPSA) is 102 Å². The Kier molecular flexibility index (Phi) is 6.13. The molecular formula is C27H29N7O2. The summed E-state index contributed by atoms with van der Waals surface area (Å²) in [6.07, 6.45) is 3.77. The first-order valence-electron chi connectivity index (χ1n) is 12.3. The molecule has 2 aliphatic rings. The fourth-order valence-corrected chi connectivity index (χ4v) is 4.79. The second kappa shape index (κ2) is 9.87. The van der Waals surface area contributed by atoms with Crippen LogP contribution in [-0.2, 0) is 13.1 Å². The maximum absolute atomic E-state index is 9.41. The van der Waals surface area contributed by atoms with E-state index in [0.717, 1.165) is 72.0 Å². The summed E-state index contributed by atoms with van der Waals surface area (Å²) in [5.41, 5.74) is 3.12. The zero-order valence-electron chi connectivity index (χ0n) is 20.0. The first kappa shape index (κ1) is 22.4. The fraction of sp³-hybridized carbons (Fsp3) is 0.296. The van der Waals surface area contributed by atoms with Gasteiger partial charge < -0.3 is 25.0 Å². The minimum Gasteiger partial charge on any atom is -0.457 e. The predicted molar refractivity (Wildman–Crippen MR) is 139 cm³/mol. The zero-order chi connectivity index (χ0) is 24.3. The van der Waals surface area contributed by atoms with Crippen LogP contribution in [0.4, 0.5) is 23.3 Å². The van der Waals surface area contributed by atoms with Crippen molar-refractivity contribution in [3.05, 3.63) is 78.1 Å².